The number of likely N-dealkylation sites (N-methyl/N-ethyl adjacent to an activating group) is 1. The molecule has 2 amide bonds. The van der Waals surface area contributed by atoms with Crippen LogP contribution in [0.2, 0.25) is 0 Å². The molecule has 3 rings (SSSR count). The number of carbonyl (C=O) groups excluding carboxylic acids is 1. The van der Waals surface area contributed by atoms with Gasteiger partial charge in [0.15, 0.2) is 5.82 Å². The quantitative estimate of drug-likeness (QED) is 0.910. The SMILES string of the molecule is Cc1cc(NC(=O)Nc2ccc(N3CCN(C)CC3)cc2)no1. The van der Waals surface area contributed by atoms with Crippen molar-refractivity contribution in [1.82, 2.24) is 10.1 Å². The minimum absolute atomic E-state index is 0.342. The molecule has 2 N–H and O–H groups in total. The molecule has 0 bridgehead atoms. The zero-order valence-corrected chi connectivity index (χ0v) is 13.4. The average Bonchev–Trinajstić information content (AvgIpc) is 2.94. The Morgan fingerprint density at radius 2 is 1.83 bits per heavy atom. The normalized spacial score (nSPS) is 15.5. The first-order valence-electron chi connectivity index (χ1n) is 7.65. The largest absolute Gasteiger partial charge is 0.369 e. The van der Waals surface area contributed by atoms with Crippen molar-refractivity contribution in [3.63, 3.8) is 0 Å². The lowest BCUT2D eigenvalue weighted by Crippen LogP contribution is -2.44. The second-order valence-corrected chi connectivity index (χ2v) is 5.74. The molecule has 2 aromatic rings. The van der Waals surface area contributed by atoms with Crippen molar-refractivity contribution in [2.75, 3.05) is 48.8 Å². The van der Waals surface area contributed by atoms with Crippen LogP contribution in [0.1, 0.15) is 5.76 Å². The Morgan fingerprint density at radius 3 is 2.43 bits per heavy atom. The molecule has 1 aromatic heterocycles. The summed E-state index contributed by atoms with van der Waals surface area (Å²) in [6.45, 7) is 5.96. The summed E-state index contributed by atoms with van der Waals surface area (Å²) in [4.78, 5) is 16.6. The number of anilines is 3. The Balaban J connectivity index is 1.55. The van der Waals surface area contributed by atoms with Gasteiger partial charge in [-0.1, -0.05) is 5.16 Å². The molecule has 1 aliphatic heterocycles. The minimum atomic E-state index is -0.342. The van der Waals surface area contributed by atoms with E-state index in [0.717, 1.165) is 31.9 Å². The Bertz CT molecular complexity index is 659. The van der Waals surface area contributed by atoms with Crippen molar-refractivity contribution >= 4 is 23.2 Å². The Kier molecular flexibility index (Phi) is 4.47. The second kappa shape index (κ2) is 6.70. The Hall–Kier alpha value is -2.54. The molecular formula is C16H21N5O2. The van der Waals surface area contributed by atoms with Crippen LogP contribution in [0, 0.1) is 6.92 Å². The maximum atomic E-state index is 11.9. The third-order valence-corrected chi connectivity index (χ3v) is 3.86. The van der Waals surface area contributed by atoms with E-state index in [-0.39, 0.29) is 6.03 Å². The summed E-state index contributed by atoms with van der Waals surface area (Å²) in [5, 5.41) is 9.12. The summed E-state index contributed by atoms with van der Waals surface area (Å²) in [6, 6.07) is 9.19. The first-order valence-corrected chi connectivity index (χ1v) is 7.65. The second-order valence-electron chi connectivity index (χ2n) is 5.74. The highest BCUT2D eigenvalue weighted by molar-refractivity contribution is 5.99. The number of hydrogen-bond acceptors (Lipinski definition) is 5. The number of rotatable bonds is 3. The molecule has 0 aliphatic carbocycles. The van der Waals surface area contributed by atoms with Crippen LogP contribution < -0.4 is 15.5 Å². The lowest BCUT2D eigenvalue weighted by atomic mass is 10.2. The molecule has 0 atom stereocenters. The number of nitrogens with one attached hydrogen (secondary N) is 2. The van der Waals surface area contributed by atoms with Crippen molar-refractivity contribution in [2.45, 2.75) is 6.92 Å². The van der Waals surface area contributed by atoms with Crippen LogP contribution in [0.15, 0.2) is 34.9 Å². The van der Waals surface area contributed by atoms with Gasteiger partial charge < -0.3 is 19.6 Å². The number of carbonyl (C=O) groups is 1. The minimum Gasteiger partial charge on any atom is -0.369 e. The predicted molar refractivity (Wildman–Crippen MR) is 90.0 cm³/mol. The van der Waals surface area contributed by atoms with Crippen molar-refractivity contribution in [2.24, 2.45) is 0 Å². The molecule has 1 aliphatic rings. The van der Waals surface area contributed by atoms with E-state index in [1.165, 1.54) is 5.69 Å². The van der Waals surface area contributed by atoms with Gasteiger partial charge in [0.25, 0.3) is 0 Å². The number of amides is 2. The smallest absolute Gasteiger partial charge is 0.324 e. The summed E-state index contributed by atoms with van der Waals surface area (Å²) < 4.78 is 4.90. The topological polar surface area (TPSA) is 73.6 Å². The molecule has 0 saturated carbocycles. The lowest BCUT2D eigenvalue weighted by Gasteiger charge is -2.34. The molecule has 1 saturated heterocycles. The molecule has 0 radical (unpaired) electrons. The van der Waals surface area contributed by atoms with Gasteiger partial charge in [-0.15, -0.1) is 0 Å². The van der Waals surface area contributed by atoms with Crippen molar-refractivity contribution in [3.8, 4) is 0 Å². The molecule has 23 heavy (non-hydrogen) atoms. The average molecular weight is 315 g/mol. The van der Waals surface area contributed by atoms with E-state index < -0.39 is 0 Å². The number of nitrogens with zero attached hydrogens (tertiary/aromatic N) is 3. The van der Waals surface area contributed by atoms with E-state index in [2.05, 4.69) is 32.6 Å². The van der Waals surface area contributed by atoms with E-state index in [1.807, 2.05) is 24.3 Å². The van der Waals surface area contributed by atoms with Gasteiger partial charge in [0.2, 0.25) is 0 Å². The summed E-state index contributed by atoms with van der Waals surface area (Å²) in [5.41, 5.74) is 1.91. The molecule has 1 aromatic carbocycles. The zero-order valence-electron chi connectivity index (χ0n) is 13.4. The third kappa shape index (κ3) is 4.01. The standard InChI is InChI=1S/C16H21N5O2/c1-12-11-15(19-23-12)18-16(22)17-13-3-5-14(6-4-13)21-9-7-20(2)8-10-21/h3-6,11H,7-10H2,1-2H3,(H2,17,18,19,22). The van der Waals surface area contributed by atoms with Crippen LogP contribution >= 0.6 is 0 Å². The van der Waals surface area contributed by atoms with Gasteiger partial charge in [0, 0.05) is 43.6 Å². The Labute approximate surface area is 135 Å². The fourth-order valence-electron chi connectivity index (χ4n) is 2.52. The third-order valence-electron chi connectivity index (χ3n) is 3.86. The maximum Gasteiger partial charge on any atom is 0.324 e. The summed E-state index contributed by atoms with van der Waals surface area (Å²) >= 11 is 0. The predicted octanol–water partition coefficient (Wildman–Crippen LogP) is 2.38. The van der Waals surface area contributed by atoms with Gasteiger partial charge in [0.05, 0.1) is 0 Å². The highest BCUT2D eigenvalue weighted by Gasteiger charge is 2.14. The number of benzene rings is 1. The highest BCUT2D eigenvalue weighted by Crippen LogP contribution is 2.19. The fourth-order valence-corrected chi connectivity index (χ4v) is 2.52. The van der Waals surface area contributed by atoms with E-state index in [0.29, 0.717) is 11.6 Å². The first kappa shape index (κ1) is 15.4. The van der Waals surface area contributed by atoms with Gasteiger partial charge in [0.1, 0.15) is 5.76 Å². The van der Waals surface area contributed by atoms with E-state index in [1.54, 1.807) is 13.0 Å². The molecule has 122 valence electrons. The van der Waals surface area contributed by atoms with Gasteiger partial charge in [-0.3, -0.25) is 5.32 Å². The van der Waals surface area contributed by atoms with Gasteiger partial charge in [-0.25, -0.2) is 4.79 Å². The van der Waals surface area contributed by atoms with Crippen LogP contribution in [0.4, 0.5) is 22.0 Å². The van der Waals surface area contributed by atoms with Crippen molar-refractivity contribution in [1.29, 1.82) is 0 Å². The van der Waals surface area contributed by atoms with Crippen molar-refractivity contribution < 1.29 is 9.32 Å². The van der Waals surface area contributed by atoms with Gasteiger partial charge in [-0.05, 0) is 38.2 Å². The molecule has 0 spiro atoms. The van der Waals surface area contributed by atoms with Crippen LogP contribution in [0.3, 0.4) is 0 Å². The molecule has 1 fully saturated rings. The number of hydrogen-bond donors (Lipinski definition) is 2. The van der Waals surface area contributed by atoms with Gasteiger partial charge in [-0.2, -0.15) is 0 Å². The van der Waals surface area contributed by atoms with Crippen LogP contribution in [0.25, 0.3) is 0 Å². The first-order chi connectivity index (χ1) is 11.1. The number of aryl methyl sites for hydroxylation is 1. The molecular weight excluding hydrogens is 294 g/mol. The number of piperazine rings is 1. The zero-order chi connectivity index (χ0) is 16.2. The summed E-state index contributed by atoms with van der Waals surface area (Å²) in [6.07, 6.45) is 0. The maximum absolute atomic E-state index is 11.9. The molecule has 0 unspecified atom stereocenters. The van der Waals surface area contributed by atoms with E-state index in [4.69, 9.17) is 4.52 Å². The van der Waals surface area contributed by atoms with Crippen LogP contribution in [-0.4, -0.2) is 49.3 Å². The monoisotopic (exact) mass is 315 g/mol. The Morgan fingerprint density at radius 1 is 1.13 bits per heavy atom. The fraction of sp³-hybridized carbons (Fsp3) is 0.375. The van der Waals surface area contributed by atoms with Crippen LogP contribution in [-0.2, 0) is 0 Å². The summed E-state index contributed by atoms with van der Waals surface area (Å²) in [5.74, 6) is 1.05. The summed E-state index contributed by atoms with van der Waals surface area (Å²) in [7, 11) is 2.14. The highest BCUT2D eigenvalue weighted by atomic mass is 16.5. The molecule has 2 heterocycles. The van der Waals surface area contributed by atoms with E-state index >= 15 is 0 Å². The number of urea groups is 1. The van der Waals surface area contributed by atoms with Crippen molar-refractivity contribution in [3.05, 3.63) is 36.1 Å². The van der Waals surface area contributed by atoms with Gasteiger partial charge >= 0.3 is 6.03 Å². The van der Waals surface area contributed by atoms with Crippen LogP contribution in [0.5, 0.6) is 0 Å². The lowest BCUT2D eigenvalue weighted by molar-refractivity contribution is 0.262. The molecule has 7 nitrogen and oxygen atoms in total. The van der Waals surface area contributed by atoms with E-state index in [9.17, 15) is 4.79 Å². The number of aromatic nitrogens is 1. The molecule has 7 heteroatoms.